The summed E-state index contributed by atoms with van der Waals surface area (Å²) in [5.41, 5.74) is 3.21. The van der Waals surface area contributed by atoms with E-state index < -0.39 is 11.7 Å². The van der Waals surface area contributed by atoms with Gasteiger partial charge in [0, 0.05) is 36.7 Å². The van der Waals surface area contributed by atoms with Crippen molar-refractivity contribution >= 4 is 22.5 Å². The Hall–Kier alpha value is -2.84. The molecule has 5 atom stereocenters. The van der Waals surface area contributed by atoms with Gasteiger partial charge in [-0.15, -0.1) is 0 Å². The Morgan fingerprint density at radius 2 is 1.97 bits per heavy atom. The first-order chi connectivity index (χ1) is 17.7. The molecule has 1 N–H and O–H groups in total. The second-order valence-electron chi connectivity index (χ2n) is 11.6. The molecule has 2 saturated heterocycles. The Kier molecular flexibility index (Phi) is 6.07. The molecule has 1 saturated carbocycles. The van der Waals surface area contributed by atoms with Crippen LogP contribution in [0, 0.1) is 18.8 Å². The molecule has 1 aliphatic carbocycles. The van der Waals surface area contributed by atoms with Crippen LogP contribution in [-0.4, -0.2) is 63.6 Å². The number of benzene rings is 1. The summed E-state index contributed by atoms with van der Waals surface area (Å²) in [5, 5.41) is 9.47. The van der Waals surface area contributed by atoms with Crippen molar-refractivity contribution in [3.8, 4) is 0 Å². The number of ether oxygens (including phenoxy) is 1. The lowest BCUT2D eigenvalue weighted by molar-refractivity contribution is -0.117. The predicted octanol–water partition coefficient (Wildman–Crippen LogP) is 4.57. The molecule has 0 radical (unpaired) electrons. The maximum Gasteiger partial charge on any atom is 0.229 e. The number of likely N-dealkylation sites (tertiary alicyclic amines) is 1. The van der Waals surface area contributed by atoms with E-state index in [9.17, 15) is 9.18 Å². The minimum atomic E-state index is -0.925. The smallest absolute Gasteiger partial charge is 0.229 e. The van der Waals surface area contributed by atoms with Crippen LogP contribution in [0.2, 0.25) is 0 Å². The molecule has 1 aromatic carbocycles. The Labute approximate surface area is 217 Å². The van der Waals surface area contributed by atoms with E-state index in [0.717, 1.165) is 42.3 Å². The van der Waals surface area contributed by atoms with Crippen molar-refractivity contribution in [1.29, 1.82) is 0 Å². The number of nitrogens with one attached hydrogen (secondary N) is 1. The number of hydrogen-bond acceptors (Lipinski definition) is 5. The zero-order valence-corrected chi connectivity index (χ0v) is 22.1. The summed E-state index contributed by atoms with van der Waals surface area (Å²) in [6.45, 7) is 8.69. The summed E-state index contributed by atoms with van der Waals surface area (Å²) >= 11 is 0. The molecule has 1 amide bonds. The molecule has 2 aliphatic heterocycles. The average Bonchev–Trinajstić information content (AvgIpc) is 3.15. The minimum Gasteiger partial charge on any atom is -0.376 e. The third-order valence-corrected chi connectivity index (χ3v) is 9.14. The Balaban J connectivity index is 1.16. The summed E-state index contributed by atoms with van der Waals surface area (Å²) in [5.74, 6) is 1.48. The largest absolute Gasteiger partial charge is 0.376 e. The zero-order valence-electron chi connectivity index (χ0n) is 22.1. The van der Waals surface area contributed by atoms with Crippen LogP contribution in [0.3, 0.4) is 0 Å². The number of amides is 1. The molecule has 0 unspecified atom stereocenters. The number of piperidine rings is 1. The van der Waals surface area contributed by atoms with Crippen molar-refractivity contribution in [3.05, 3.63) is 53.5 Å². The molecule has 0 spiro atoms. The lowest BCUT2D eigenvalue weighted by atomic mass is 9.83. The number of carbonyl (C=O) groups is 1. The van der Waals surface area contributed by atoms with Gasteiger partial charge in [0.25, 0.3) is 0 Å². The first-order valence-corrected chi connectivity index (χ1v) is 13.4. The van der Waals surface area contributed by atoms with E-state index in [1.807, 2.05) is 38.6 Å². The van der Waals surface area contributed by atoms with E-state index in [-0.39, 0.29) is 30.3 Å². The van der Waals surface area contributed by atoms with Gasteiger partial charge in [0.05, 0.1) is 24.9 Å². The van der Waals surface area contributed by atoms with Gasteiger partial charge in [0.2, 0.25) is 5.91 Å². The summed E-state index contributed by atoms with van der Waals surface area (Å²) in [6.07, 6.45) is 6.77. The van der Waals surface area contributed by atoms with Crippen molar-refractivity contribution in [2.24, 2.45) is 18.9 Å². The fourth-order valence-electron chi connectivity index (χ4n) is 6.66. The highest BCUT2D eigenvalue weighted by molar-refractivity contribution is 5.96. The normalized spacial score (nSPS) is 30.6. The van der Waals surface area contributed by atoms with Crippen LogP contribution in [0.5, 0.6) is 0 Å². The average molecular weight is 506 g/mol. The molecule has 6 rings (SSSR count). The highest BCUT2D eigenvalue weighted by Gasteiger charge is 2.53. The van der Waals surface area contributed by atoms with Gasteiger partial charge in [-0.05, 0) is 85.8 Å². The second kappa shape index (κ2) is 9.17. The number of nitrogens with zero attached hydrogens (tertiary/aromatic N) is 4. The van der Waals surface area contributed by atoms with Crippen LogP contribution in [0.4, 0.5) is 10.2 Å². The second-order valence-corrected chi connectivity index (χ2v) is 11.6. The highest BCUT2D eigenvalue weighted by atomic mass is 19.1. The highest BCUT2D eigenvalue weighted by Crippen LogP contribution is 2.54. The number of hydrogen-bond donors (Lipinski definition) is 1. The molecule has 3 aliphatic rings. The summed E-state index contributed by atoms with van der Waals surface area (Å²) in [6, 6.07) is 6.45. The van der Waals surface area contributed by atoms with Crippen LogP contribution in [-0.2, 0) is 16.6 Å². The standard InChI is InChI=1S/C29H36FN5O2/c1-17-9-21-12-31-25(33-28(36)27-18(2)26(27)22-13-32-34(4)14-22)11-20(21)10-23(17)19-5-7-35(8-6-19)29(3)16-37-15-24(29)30/h9-14,18-19,24,26-27H,5-8,15-16H2,1-4H3,(H,31,33,36)/t18-,24+,26+,27-,29-/m1/s1. The number of alkyl halides is 1. The van der Waals surface area contributed by atoms with Crippen molar-refractivity contribution in [2.45, 2.75) is 57.2 Å². The molecular weight excluding hydrogens is 469 g/mol. The van der Waals surface area contributed by atoms with Crippen molar-refractivity contribution in [3.63, 3.8) is 0 Å². The van der Waals surface area contributed by atoms with E-state index in [0.29, 0.717) is 18.3 Å². The molecule has 2 aromatic heterocycles. The number of anilines is 1. The molecule has 3 fully saturated rings. The maximum atomic E-state index is 14.5. The van der Waals surface area contributed by atoms with Gasteiger partial charge in [-0.25, -0.2) is 9.37 Å². The van der Waals surface area contributed by atoms with Crippen LogP contribution in [0.1, 0.15) is 55.2 Å². The third kappa shape index (κ3) is 4.34. The summed E-state index contributed by atoms with van der Waals surface area (Å²) < 4.78 is 21.7. The van der Waals surface area contributed by atoms with Gasteiger partial charge in [-0.2, -0.15) is 5.10 Å². The molecule has 7 nitrogen and oxygen atoms in total. The predicted molar refractivity (Wildman–Crippen MR) is 141 cm³/mol. The van der Waals surface area contributed by atoms with Gasteiger partial charge in [-0.1, -0.05) is 13.0 Å². The zero-order chi connectivity index (χ0) is 25.9. The van der Waals surface area contributed by atoms with E-state index in [4.69, 9.17) is 4.74 Å². The Morgan fingerprint density at radius 1 is 1.19 bits per heavy atom. The lowest BCUT2D eigenvalue weighted by Crippen LogP contribution is -2.55. The molecular formula is C29H36FN5O2. The van der Waals surface area contributed by atoms with E-state index >= 15 is 0 Å². The van der Waals surface area contributed by atoms with Crippen molar-refractivity contribution in [1.82, 2.24) is 19.7 Å². The SMILES string of the molecule is Cc1cc2cnc(NC(=O)[C@@H]3[C@H](C)[C@H]3c3cnn(C)c3)cc2cc1C1CCN([C@]2(C)COC[C@@H]2F)CC1. The molecule has 0 bridgehead atoms. The minimum absolute atomic E-state index is 0.0171. The van der Waals surface area contributed by atoms with Gasteiger partial charge in [0.1, 0.15) is 12.0 Å². The van der Waals surface area contributed by atoms with E-state index in [1.54, 1.807) is 4.68 Å². The van der Waals surface area contributed by atoms with E-state index in [2.05, 4.69) is 46.3 Å². The van der Waals surface area contributed by atoms with E-state index in [1.165, 1.54) is 11.1 Å². The quantitative estimate of drug-likeness (QED) is 0.550. The third-order valence-electron chi connectivity index (χ3n) is 9.14. The summed E-state index contributed by atoms with van der Waals surface area (Å²) in [4.78, 5) is 19.9. The number of aromatic nitrogens is 3. The van der Waals surface area contributed by atoms with Gasteiger partial charge in [-0.3, -0.25) is 14.4 Å². The number of fused-ring (bicyclic) bond motifs is 1. The fraction of sp³-hybridized carbons (Fsp3) is 0.552. The monoisotopic (exact) mass is 505 g/mol. The first-order valence-electron chi connectivity index (χ1n) is 13.4. The Bertz CT molecular complexity index is 1330. The van der Waals surface area contributed by atoms with Crippen molar-refractivity contribution < 1.29 is 13.9 Å². The number of aryl methyl sites for hydroxylation is 2. The molecule has 37 heavy (non-hydrogen) atoms. The van der Waals surface area contributed by atoms with Gasteiger partial charge < -0.3 is 10.1 Å². The van der Waals surface area contributed by atoms with Crippen LogP contribution in [0.25, 0.3) is 10.8 Å². The van der Waals surface area contributed by atoms with Crippen molar-refractivity contribution in [2.75, 3.05) is 31.6 Å². The number of carbonyl (C=O) groups excluding carboxylic acids is 1. The topological polar surface area (TPSA) is 72.3 Å². The fourth-order valence-corrected chi connectivity index (χ4v) is 6.66. The van der Waals surface area contributed by atoms with Crippen LogP contribution < -0.4 is 5.32 Å². The van der Waals surface area contributed by atoms with Crippen LogP contribution in [0.15, 0.2) is 36.8 Å². The number of halogens is 1. The summed E-state index contributed by atoms with van der Waals surface area (Å²) in [7, 11) is 1.90. The molecule has 4 heterocycles. The molecule has 196 valence electrons. The number of rotatable bonds is 5. The first kappa shape index (κ1) is 24.5. The lowest BCUT2D eigenvalue weighted by Gasteiger charge is -2.43. The van der Waals surface area contributed by atoms with Gasteiger partial charge >= 0.3 is 0 Å². The Morgan fingerprint density at radius 3 is 2.65 bits per heavy atom. The van der Waals surface area contributed by atoms with Crippen LogP contribution >= 0.6 is 0 Å². The van der Waals surface area contributed by atoms with Gasteiger partial charge in [0.15, 0.2) is 0 Å². The maximum absolute atomic E-state index is 14.5. The molecule has 3 aromatic rings. The molecule has 8 heteroatoms. The number of pyridine rings is 1.